The average molecular weight is 406 g/mol. The molecule has 1 N–H and O–H groups in total. The number of pyridine rings is 1. The van der Waals surface area contributed by atoms with E-state index in [1.54, 1.807) is 0 Å². The van der Waals surface area contributed by atoms with E-state index in [1.165, 1.54) is 10.8 Å². The lowest BCUT2D eigenvalue weighted by molar-refractivity contribution is 0.217. The fourth-order valence-corrected chi connectivity index (χ4v) is 3.57. The number of nitrogens with zero attached hydrogens (tertiary/aromatic N) is 1. The normalized spacial score (nSPS) is 10.8. The van der Waals surface area contributed by atoms with Gasteiger partial charge in [0.2, 0.25) is 0 Å². The van der Waals surface area contributed by atoms with E-state index in [1.807, 2.05) is 72.9 Å². The predicted molar refractivity (Wildman–Crippen MR) is 126 cm³/mol. The van der Waals surface area contributed by atoms with E-state index in [0.717, 1.165) is 33.8 Å². The van der Waals surface area contributed by atoms with E-state index < -0.39 is 0 Å². The number of ether oxygens (including phenoxy) is 2. The molecule has 1 heterocycles. The quantitative estimate of drug-likeness (QED) is 0.245. The Labute approximate surface area is 181 Å². The molecule has 0 radical (unpaired) electrons. The first-order valence-corrected chi connectivity index (χ1v) is 10.3. The molecule has 4 aromatic carbocycles. The zero-order valence-corrected chi connectivity index (χ0v) is 17.0. The highest BCUT2D eigenvalue weighted by molar-refractivity contribution is 6.02. The molecular weight excluding hydrogens is 384 g/mol. The molecule has 0 aliphatic heterocycles. The summed E-state index contributed by atoms with van der Waals surface area (Å²) in [6, 6.07) is 32.4. The van der Waals surface area contributed by atoms with Crippen LogP contribution in [0.15, 0.2) is 103 Å². The topological polar surface area (TPSA) is 43.4 Å². The molecule has 0 fully saturated rings. The van der Waals surface area contributed by atoms with E-state index in [0.29, 0.717) is 13.2 Å². The van der Waals surface area contributed by atoms with Crippen molar-refractivity contribution in [2.75, 3.05) is 18.5 Å². The summed E-state index contributed by atoms with van der Waals surface area (Å²) in [4.78, 5) is 4.54. The fraction of sp³-hybridized carbons (Fsp3) is 0.0741. The third kappa shape index (κ3) is 4.43. The molecule has 4 heteroatoms. The van der Waals surface area contributed by atoms with Crippen molar-refractivity contribution in [3.8, 4) is 11.5 Å². The smallest absolute Gasteiger partial charge is 0.122 e. The van der Waals surface area contributed by atoms with Crippen LogP contribution in [0.4, 0.5) is 11.4 Å². The Morgan fingerprint density at radius 2 is 1.29 bits per heavy atom. The van der Waals surface area contributed by atoms with Crippen LogP contribution in [0.2, 0.25) is 0 Å². The molecule has 4 nitrogen and oxygen atoms in total. The van der Waals surface area contributed by atoms with Crippen LogP contribution in [0.3, 0.4) is 0 Å². The molecule has 0 spiro atoms. The molecule has 1 aromatic heterocycles. The maximum absolute atomic E-state index is 5.79. The standard InChI is InChI=1S/C27H22N2O2/c1-2-8-23(9-3-1)30-16-17-31-24-12-10-22(11-13-24)29-26-14-15-28-27-19-21-7-5-4-6-20(21)18-25(26)27/h1-15,18-19H,16-17H2,(H,28,29). The van der Waals surface area contributed by atoms with Crippen LogP contribution < -0.4 is 14.8 Å². The average Bonchev–Trinajstić information content (AvgIpc) is 2.82. The second kappa shape index (κ2) is 8.76. The Bertz CT molecular complexity index is 1300. The van der Waals surface area contributed by atoms with Crippen molar-refractivity contribution in [3.63, 3.8) is 0 Å². The Kier molecular flexibility index (Phi) is 5.35. The molecular formula is C27H22N2O2. The minimum atomic E-state index is 0.490. The predicted octanol–water partition coefficient (Wildman–Crippen LogP) is 6.59. The maximum Gasteiger partial charge on any atom is 0.122 e. The Morgan fingerprint density at radius 3 is 2.03 bits per heavy atom. The van der Waals surface area contributed by atoms with Gasteiger partial charge in [-0.25, -0.2) is 0 Å². The summed E-state index contributed by atoms with van der Waals surface area (Å²) in [5, 5.41) is 7.00. The Balaban J connectivity index is 1.25. The Hall–Kier alpha value is -4.05. The molecule has 0 aliphatic rings. The largest absolute Gasteiger partial charge is 0.490 e. The number of fused-ring (bicyclic) bond motifs is 2. The van der Waals surface area contributed by atoms with Crippen molar-refractivity contribution in [1.29, 1.82) is 0 Å². The van der Waals surface area contributed by atoms with E-state index >= 15 is 0 Å². The number of para-hydroxylation sites is 1. The highest BCUT2D eigenvalue weighted by Gasteiger charge is 2.05. The van der Waals surface area contributed by atoms with Gasteiger partial charge in [-0.2, -0.15) is 0 Å². The molecule has 0 saturated heterocycles. The van der Waals surface area contributed by atoms with E-state index in [-0.39, 0.29) is 0 Å². The summed E-state index contributed by atoms with van der Waals surface area (Å²) in [5.41, 5.74) is 3.00. The van der Waals surface area contributed by atoms with Crippen LogP contribution in [-0.4, -0.2) is 18.2 Å². The summed E-state index contributed by atoms with van der Waals surface area (Å²) in [5.74, 6) is 1.66. The fourth-order valence-electron chi connectivity index (χ4n) is 3.57. The lowest BCUT2D eigenvalue weighted by atomic mass is 10.1. The first kappa shape index (κ1) is 18.9. The van der Waals surface area contributed by atoms with Crippen molar-refractivity contribution in [1.82, 2.24) is 4.98 Å². The van der Waals surface area contributed by atoms with Gasteiger partial charge in [-0.1, -0.05) is 42.5 Å². The maximum atomic E-state index is 5.79. The van der Waals surface area contributed by atoms with Crippen molar-refractivity contribution in [3.05, 3.63) is 103 Å². The number of benzene rings is 4. The minimum absolute atomic E-state index is 0.490. The lowest BCUT2D eigenvalue weighted by Gasteiger charge is -2.12. The van der Waals surface area contributed by atoms with Gasteiger partial charge in [0, 0.05) is 23.0 Å². The van der Waals surface area contributed by atoms with Gasteiger partial charge in [0.25, 0.3) is 0 Å². The monoisotopic (exact) mass is 406 g/mol. The molecule has 0 bridgehead atoms. The van der Waals surface area contributed by atoms with Crippen LogP contribution in [0, 0.1) is 0 Å². The summed E-state index contributed by atoms with van der Waals surface area (Å²) < 4.78 is 11.4. The highest BCUT2D eigenvalue weighted by atomic mass is 16.5. The van der Waals surface area contributed by atoms with E-state index in [4.69, 9.17) is 9.47 Å². The molecule has 0 atom stereocenters. The second-order valence-corrected chi connectivity index (χ2v) is 7.23. The molecule has 5 aromatic rings. The Morgan fingerprint density at radius 1 is 0.645 bits per heavy atom. The first-order chi connectivity index (χ1) is 15.3. The molecule has 5 rings (SSSR count). The summed E-state index contributed by atoms with van der Waals surface area (Å²) in [7, 11) is 0. The lowest BCUT2D eigenvalue weighted by Crippen LogP contribution is -2.08. The third-order valence-corrected chi connectivity index (χ3v) is 5.11. The number of nitrogens with one attached hydrogen (secondary N) is 1. The van der Waals surface area contributed by atoms with Gasteiger partial charge in [-0.05, 0) is 65.4 Å². The molecule has 0 saturated carbocycles. The van der Waals surface area contributed by atoms with Crippen LogP contribution in [-0.2, 0) is 0 Å². The van der Waals surface area contributed by atoms with Gasteiger partial charge >= 0.3 is 0 Å². The number of hydrogen-bond donors (Lipinski definition) is 1. The van der Waals surface area contributed by atoms with Crippen molar-refractivity contribution < 1.29 is 9.47 Å². The number of anilines is 2. The zero-order chi connectivity index (χ0) is 20.9. The van der Waals surface area contributed by atoms with Gasteiger partial charge < -0.3 is 14.8 Å². The van der Waals surface area contributed by atoms with Crippen LogP contribution in [0.5, 0.6) is 11.5 Å². The van der Waals surface area contributed by atoms with Gasteiger partial charge in [0.15, 0.2) is 0 Å². The van der Waals surface area contributed by atoms with Crippen molar-refractivity contribution >= 4 is 33.1 Å². The van der Waals surface area contributed by atoms with Gasteiger partial charge in [0.1, 0.15) is 24.7 Å². The molecule has 0 unspecified atom stereocenters. The first-order valence-electron chi connectivity index (χ1n) is 10.3. The van der Waals surface area contributed by atoms with Crippen LogP contribution >= 0.6 is 0 Å². The number of hydrogen-bond acceptors (Lipinski definition) is 4. The third-order valence-electron chi connectivity index (χ3n) is 5.11. The molecule has 152 valence electrons. The highest BCUT2D eigenvalue weighted by Crippen LogP contribution is 2.29. The van der Waals surface area contributed by atoms with Crippen LogP contribution in [0.1, 0.15) is 0 Å². The van der Waals surface area contributed by atoms with Crippen molar-refractivity contribution in [2.24, 2.45) is 0 Å². The van der Waals surface area contributed by atoms with E-state index in [9.17, 15) is 0 Å². The number of aromatic nitrogens is 1. The summed E-state index contributed by atoms with van der Waals surface area (Å²) >= 11 is 0. The van der Waals surface area contributed by atoms with Crippen molar-refractivity contribution in [2.45, 2.75) is 0 Å². The van der Waals surface area contributed by atoms with Gasteiger partial charge in [-0.15, -0.1) is 0 Å². The zero-order valence-electron chi connectivity index (χ0n) is 17.0. The van der Waals surface area contributed by atoms with Gasteiger partial charge in [-0.3, -0.25) is 4.98 Å². The van der Waals surface area contributed by atoms with E-state index in [2.05, 4.69) is 40.6 Å². The second-order valence-electron chi connectivity index (χ2n) is 7.23. The molecule has 0 aliphatic carbocycles. The molecule has 31 heavy (non-hydrogen) atoms. The minimum Gasteiger partial charge on any atom is -0.490 e. The van der Waals surface area contributed by atoms with Gasteiger partial charge in [0.05, 0.1) is 5.52 Å². The summed E-state index contributed by atoms with van der Waals surface area (Å²) in [6.07, 6.45) is 1.84. The van der Waals surface area contributed by atoms with Crippen LogP contribution in [0.25, 0.3) is 21.7 Å². The number of rotatable bonds is 7. The summed E-state index contributed by atoms with van der Waals surface area (Å²) in [6.45, 7) is 0.991. The SMILES string of the molecule is c1ccc(OCCOc2ccc(Nc3ccnc4cc5ccccc5cc34)cc2)cc1. The molecule has 0 amide bonds.